The highest BCUT2D eigenvalue weighted by Gasteiger charge is 2.33. The lowest BCUT2D eigenvalue weighted by atomic mass is 10.2. The van der Waals surface area contributed by atoms with E-state index in [4.69, 9.17) is 14.7 Å². The monoisotopic (exact) mass is 506 g/mol. The van der Waals surface area contributed by atoms with E-state index >= 15 is 0 Å². The van der Waals surface area contributed by atoms with Gasteiger partial charge in [0, 0.05) is 6.42 Å². The average molecular weight is 506 g/mol. The van der Waals surface area contributed by atoms with Gasteiger partial charge < -0.3 is 19.7 Å². The number of ether oxygens (including phenoxy) is 2. The van der Waals surface area contributed by atoms with Crippen molar-refractivity contribution < 1.29 is 28.5 Å². The van der Waals surface area contributed by atoms with Crippen LogP contribution in [-0.4, -0.2) is 22.7 Å². The van der Waals surface area contributed by atoms with Crippen molar-refractivity contribution in [1.29, 1.82) is 5.26 Å². The normalized spacial score (nSPS) is 13.0. The molecule has 0 aliphatic heterocycles. The van der Waals surface area contributed by atoms with E-state index in [1.807, 2.05) is 42.5 Å². The van der Waals surface area contributed by atoms with E-state index in [2.05, 4.69) is 5.32 Å². The first kappa shape index (κ1) is 26.7. The molecule has 36 heavy (non-hydrogen) atoms. The summed E-state index contributed by atoms with van der Waals surface area (Å²) in [5.41, 5.74) is 2.53. The SMILES string of the molecule is N#Cc1ccc(CP(=O)(O)C(CCC(=O)OCc2ccccc2)NC(=O)OCc2ccccc2)cc1. The molecule has 3 rings (SSSR count). The van der Waals surface area contributed by atoms with Crippen molar-refractivity contribution in [3.8, 4) is 6.07 Å². The van der Waals surface area contributed by atoms with Gasteiger partial charge in [0.15, 0.2) is 0 Å². The Hall–Kier alpha value is -3.92. The number of alkyl carbamates (subject to hydrolysis) is 1. The second-order valence-corrected chi connectivity index (χ2v) is 10.6. The molecule has 0 aromatic heterocycles. The highest BCUT2D eigenvalue weighted by molar-refractivity contribution is 7.57. The van der Waals surface area contributed by atoms with E-state index in [0.717, 1.165) is 11.1 Å². The zero-order chi connectivity index (χ0) is 25.8. The Kier molecular flexibility index (Phi) is 9.82. The molecular weight excluding hydrogens is 479 g/mol. The minimum absolute atomic E-state index is 0.0101. The first-order valence-corrected chi connectivity index (χ1v) is 13.2. The van der Waals surface area contributed by atoms with E-state index in [-0.39, 0.29) is 32.2 Å². The summed E-state index contributed by atoms with van der Waals surface area (Å²) in [6, 6.07) is 26.4. The van der Waals surface area contributed by atoms with Crippen LogP contribution in [0.4, 0.5) is 4.79 Å². The number of amides is 1. The number of carbonyl (C=O) groups is 2. The molecule has 9 heteroatoms. The van der Waals surface area contributed by atoms with Gasteiger partial charge in [-0.3, -0.25) is 9.36 Å². The van der Waals surface area contributed by atoms with Crippen molar-refractivity contribution in [3.63, 3.8) is 0 Å². The summed E-state index contributed by atoms with van der Waals surface area (Å²) in [7, 11) is -4.03. The first-order chi connectivity index (χ1) is 17.4. The molecule has 3 aromatic rings. The predicted molar refractivity (Wildman–Crippen MR) is 134 cm³/mol. The number of hydrogen-bond acceptors (Lipinski definition) is 6. The maximum Gasteiger partial charge on any atom is 0.408 e. The number of rotatable bonds is 11. The summed E-state index contributed by atoms with van der Waals surface area (Å²) in [6.07, 6.45) is -1.40. The van der Waals surface area contributed by atoms with Gasteiger partial charge in [-0.25, -0.2) is 4.79 Å². The second-order valence-electron chi connectivity index (χ2n) is 8.13. The van der Waals surface area contributed by atoms with Crippen LogP contribution in [0.3, 0.4) is 0 Å². The lowest BCUT2D eigenvalue weighted by molar-refractivity contribution is -0.145. The summed E-state index contributed by atoms with van der Waals surface area (Å²) in [5, 5.41) is 11.4. The van der Waals surface area contributed by atoms with Gasteiger partial charge in [-0.05, 0) is 35.2 Å². The number of nitrogens with zero attached hydrogens (tertiary/aromatic N) is 1. The summed E-state index contributed by atoms with van der Waals surface area (Å²) < 4.78 is 23.8. The Balaban J connectivity index is 1.64. The minimum Gasteiger partial charge on any atom is -0.461 e. The number of nitriles is 1. The van der Waals surface area contributed by atoms with Gasteiger partial charge in [-0.1, -0.05) is 72.8 Å². The molecule has 2 N–H and O–H groups in total. The van der Waals surface area contributed by atoms with E-state index in [1.165, 1.54) is 0 Å². The fourth-order valence-electron chi connectivity index (χ4n) is 3.40. The van der Waals surface area contributed by atoms with Gasteiger partial charge >= 0.3 is 12.1 Å². The highest BCUT2D eigenvalue weighted by atomic mass is 31.2. The van der Waals surface area contributed by atoms with Crippen molar-refractivity contribution in [2.24, 2.45) is 0 Å². The van der Waals surface area contributed by atoms with Crippen molar-refractivity contribution in [2.45, 2.75) is 38.0 Å². The molecule has 0 saturated heterocycles. The minimum atomic E-state index is -4.03. The Morgan fingerprint density at radius 1 is 0.861 bits per heavy atom. The standard InChI is InChI=1S/C27H27N2O6P/c28-17-21-11-13-24(14-12-21)20-36(32,33)25(29-27(31)35-19-23-9-5-2-6-10-23)15-16-26(30)34-18-22-7-3-1-4-8-22/h1-14,25H,15-16,18-20H2,(H,29,31)(H,32,33). The van der Waals surface area contributed by atoms with Crippen LogP contribution in [0.1, 0.15) is 35.1 Å². The Labute approximate surface area is 209 Å². The van der Waals surface area contributed by atoms with E-state index in [9.17, 15) is 19.0 Å². The average Bonchev–Trinajstić information content (AvgIpc) is 2.90. The third-order valence-corrected chi connectivity index (χ3v) is 7.52. The predicted octanol–water partition coefficient (Wildman–Crippen LogP) is 5.10. The van der Waals surface area contributed by atoms with Crippen LogP contribution in [0.5, 0.6) is 0 Å². The molecule has 8 nitrogen and oxygen atoms in total. The molecule has 2 atom stereocenters. The van der Waals surface area contributed by atoms with E-state index in [0.29, 0.717) is 11.1 Å². The zero-order valence-corrected chi connectivity index (χ0v) is 20.5. The zero-order valence-electron chi connectivity index (χ0n) is 19.6. The molecular formula is C27H27N2O6P. The van der Waals surface area contributed by atoms with Crippen LogP contribution in [0, 0.1) is 11.3 Å². The van der Waals surface area contributed by atoms with Gasteiger partial charge in [0.25, 0.3) is 0 Å². The first-order valence-electron chi connectivity index (χ1n) is 11.3. The van der Waals surface area contributed by atoms with Crippen molar-refractivity contribution in [1.82, 2.24) is 5.32 Å². The van der Waals surface area contributed by atoms with Crippen molar-refractivity contribution >= 4 is 19.4 Å². The van der Waals surface area contributed by atoms with Gasteiger partial charge in [0.2, 0.25) is 7.37 Å². The van der Waals surface area contributed by atoms with Crippen LogP contribution >= 0.6 is 7.37 Å². The molecule has 0 bridgehead atoms. The van der Waals surface area contributed by atoms with Crippen molar-refractivity contribution in [3.05, 3.63) is 107 Å². The largest absolute Gasteiger partial charge is 0.461 e. The topological polar surface area (TPSA) is 126 Å². The van der Waals surface area contributed by atoms with Gasteiger partial charge in [0.05, 0.1) is 17.8 Å². The molecule has 2 unspecified atom stereocenters. The van der Waals surface area contributed by atoms with Crippen LogP contribution in [0.2, 0.25) is 0 Å². The molecule has 3 aromatic carbocycles. The fraction of sp³-hybridized carbons (Fsp3) is 0.222. The number of benzene rings is 3. The Morgan fingerprint density at radius 2 is 1.42 bits per heavy atom. The molecule has 0 heterocycles. The molecule has 1 amide bonds. The highest BCUT2D eigenvalue weighted by Crippen LogP contribution is 2.50. The third-order valence-electron chi connectivity index (χ3n) is 5.34. The summed E-state index contributed by atoms with van der Waals surface area (Å²) in [5.74, 6) is -1.79. The smallest absolute Gasteiger partial charge is 0.408 e. The number of carbonyl (C=O) groups excluding carboxylic acids is 2. The van der Waals surface area contributed by atoms with E-state index < -0.39 is 25.2 Å². The lowest BCUT2D eigenvalue weighted by Crippen LogP contribution is -2.36. The van der Waals surface area contributed by atoms with E-state index in [1.54, 1.807) is 48.5 Å². The van der Waals surface area contributed by atoms with Crippen LogP contribution in [0.25, 0.3) is 0 Å². The van der Waals surface area contributed by atoms with Crippen LogP contribution < -0.4 is 5.32 Å². The quantitative estimate of drug-likeness (QED) is 0.274. The van der Waals surface area contributed by atoms with Gasteiger partial charge in [-0.2, -0.15) is 5.26 Å². The lowest BCUT2D eigenvalue weighted by Gasteiger charge is -2.24. The maximum absolute atomic E-state index is 13.3. The molecule has 0 aliphatic carbocycles. The third kappa shape index (κ3) is 8.70. The summed E-state index contributed by atoms with van der Waals surface area (Å²) >= 11 is 0. The van der Waals surface area contributed by atoms with Gasteiger partial charge in [0.1, 0.15) is 19.0 Å². The molecule has 186 valence electrons. The number of nitrogens with one attached hydrogen (secondary N) is 1. The molecule has 0 radical (unpaired) electrons. The number of hydrogen-bond donors (Lipinski definition) is 2. The van der Waals surface area contributed by atoms with Crippen molar-refractivity contribution in [2.75, 3.05) is 0 Å². The maximum atomic E-state index is 13.3. The Morgan fingerprint density at radius 3 is 1.97 bits per heavy atom. The number of esters is 1. The van der Waals surface area contributed by atoms with Crippen LogP contribution in [-0.2, 0) is 38.2 Å². The molecule has 0 saturated carbocycles. The van der Waals surface area contributed by atoms with Crippen LogP contribution in [0.15, 0.2) is 84.9 Å². The summed E-state index contributed by atoms with van der Waals surface area (Å²) in [6.45, 7) is 0.0722. The van der Waals surface area contributed by atoms with Gasteiger partial charge in [-0.15, -0.1) is 0 Å². The molecule has 0 aliphatic rings. The Bertz CT molecular complexity index is 1230. The molecule has 0 spiro atoms. The second kappa shape index (κ2) is 13.2. The molecule has 0 fully saturated rings. The fourth-order valence-corrected chi connectivity index (χ4v) is 5.19. The summed E-state index contributed by atoms with van der Waals surface area (Å²) in [4.78, 5) is 35.6.